The maximum atomic E-state index is 11.0. The van der Waals surface area contributed by atoms with Gasteiger partial charge in [0.25, 0.3) is 0 Å². The Morgan fingerprint density at radius 3 is 2.38 bits per heavy atom. The van der Waals surface area contributed by atoms with Crippen LogP contribution >= 0.6 is 0 Å². The Kier molecular flexibility index (Phi) is 7.29. The monoisotopic (exact) mass is 292 g/mol. The Balaban J connectivity index is 2.55. The third-order valence-electron chi connectivity index (χ3n) is 3.24. The smallest absolute Gasteiger partial charge is 0.218 e. The van der Waals surface area contributed by atoms with Crippen LogP contribution in [0.25, 0.3) is 0 Å². The number of carbonyl (C=O) groups is 2. The number of carbonyl (C=O) groups excluding carboxylic acids is 2. The van der Waals surface area contributed by atoms with Crippen molar-refractivity contribution in [3.8, 4) is 5.75 Å². The van der Waals surface area contributed by atoms with Crippen molar-refractivity contribution in [2.75, 3.05) is 6.61 Å². The van der Waals surface area contributed by atoms with Crippen LogP contribution in [0.1, 0.15) is 50.5 Å². The lowest BCUT2D eigenvalue weighted by Crippen LogP contribution is -2.32. The average Bonchev–Trinajstić information content (AvgIpc) is 2.45. The van der Waals surface area contributed by atoms with E-state index in [0.717, 1.165) is 12.8 Å². The molecular weight excluding hydrogens is 270 g/mol. The highest BCUT2D eigenvalue weighted by molar-refractivity contribution is 5.83. The highest BCUT2D eigenvalue weighted by Crippen LogP contribution is 2.22. The van der Waals surface area contributed by atoms with Gasteiger partial charge in [0.05, 0.1) is 6.61 Å². The summed E-state index contributed by atoms with van der Waals surface area (Å²) in [6.45, 7) is 2.80. The van der Waals surface area contributed by atoms with E-state index in [4.69, 9.17) is 10.5 Å². The van der Waals surface area contributed by atoms with Crippen molar-refractivity contribution in [1.29, 1.82) is 0 Å². The maximum absolute atomic E-state index is 11.0. The van der Waals surface area contributed by atoms with E-state index in [2.05, 4.69) is 6.92 Å². The number of benzene rings is 1. The fourth-order valence-corrected chi connectivity index (χ4v) is 2.05. The largest absolute Gasteiger partial charge is 0.549 e. The molecule has 21 heavy (non-hydrogen) atoms. The molecule has 0 saturated carbocycles. The van der Waals surface area contributed by atoms with Crippen molar-refractivity contribution in [3.05, 3.63) is 29.8 Å². The number of amides is 1. The summed E-state index contributed by atoms with van der Waals surface area (Å²) >= 11 is 0. The maximum Gasteiger partial charge on any atom is 0.218 e. The molecule has 0 spiro atoms. The van der Waals surface area contributed by atoms with Crippen LogP contribution in [0, 0.1) is 0 Å². The summed E-state index contributed by atoms with van der Waals surface area (Å²) in [5.41, 5.74) is 5.54. The van der Waals surface area contributed by atoms with Crippen LogP contribution in [0.5, 0.6) is 5.75 Å². The van der Waals surface area contributed by atoms with E-state index in [9.17, 15) is 14.7 Å². The van der Waals surface area contributed by atoms with Gasteiger partial charge in [-0.05, 0) is 24.1 Å². The number of carboxylic acids is 1. The van der Waals surface area contributed by atoms with Crippen LogP contribution in [0.15, 0.2) is 24.3 Å². The van der Waals surface area contributed by atoms with Crippen LogP contribution < -0.4 is 15.6 Å². The van der Waals surface area contributed by atoms with Gasteiger partial charge in [0.15, 0.2) is 0 Å². The number of ether oxygens (including phenoxy) is 1. The number of unbranched alkanes of at least 4 members (excludes halogenated alkanes) is 3. The predicted molar refractivity (Wildman–Crippen MR) is 77.6 cm³/mol. The fourth-order valence-electron chi connectivity index (χ4n) is 2.05. The van der Waals surface area contributed by atoms with Gasteiger partial charge in [-0.1, -0.05) is 38.3 Å². The molecule has 0 aliphatic carbocycles. The lowest BCUT2D eigenvalue weighted by atomic mass is 9.95. The van der Waals surface area contributed by atoms with Crippen molar-refractivity contribution in [1.82, 2.24) is 0 Å². The summed E-state index contributed by atoms with van der Waals surface area (Å²) in [5, 5.41) is 11.0. The van der Waals surface area contributed by atoms with E-state index < -0.39 is 17.8 Å². The zero-order chi connectivity index (χ0) is 15.7. The molecule has 0 aliphatic heterocycles. The van der Waals surface area contributed by atoms with Gasteiger partial charge >= 0.3 is 0 Å². The van der Waals surface area contributed by atoms with E-state index >= 15 is 0 Å². The molecule has 5 nitrogen and oxygen atoms in total. The quantitative estimate of drug-likeness (QED) is 0.659. The van der Waals surface area contributed by atoms with E-state index in [-0.39, 0.29) is 6.42 Å². The third-order valence-corrected chi connectivity index (χ3v) is 3.24. The van der Waals surface area contributed by atoms with E-state index in [0.29, 0.717) is 17.9 Å². The average molecular weight is 292 g/mol. The lowest BCUT2D eigenvalue weighted by Gasteiger charge is -2.17. The second kappa shape index (κ2) is 9.00. The van der Waals surface area contributed by atoms with E-state index in [1.807, 2.05) is 0 Å². The Labute approximate surface area is 125 Å². The van der Waals surface area contributed by atoms with Gasteiger partial charge < -0.3 is 20.4 Å². The Morgan fingerprint density at radius 2 is 1.86 bits per heavy atom. The van der Waals surface area contributed by atoms with Gasteiger partial charge in [-0.15, -0.1) is 0 Å². The van der Waals surface area contributed by atoms with Crippen molar-refractivity contribution in [3.63, 3.8) is 0 Å². The van der Waals surface area contributed by atoms with Gasteiger partial charge in [0.1, 0.15) is 5.75 Å². The van der Waals surface area contributed by atoms with Gasteiger partial charge in [0.2, 0.25) is 5.91 Å². The van der Waals surface area contributed by atoms with Gasteiger partial charge in [-0.3, -0.25) is 4.79 Å². The highest BCUT2D eigenvalue weighted by Gasteiger charge is 2.15. The van der Waals surface area contributed by atoms with Gasteiger partial charge in [0, 0.05) is 18.3 Å². The molecule has 2 N–H and O–H groups in total. The molecule has 0 bridgehead atoms. The number of hydrogen-bond acceptors (Lipinski definition) is 4. The summed E-state index contributed by atoms with van der Waals surface area (Å²) in [7, 11) is 0. The zero-order valence-corrected chi connectivity index (χ0v) is 12.3. The SMILES string of the molecule is CCCCCCOc1ccc([C@H](CC(N)=O)C(=O)[O-])cc1. The molecule has 0 unspecified atom stereocenters. The molecule has 0 radical (unpaired) electrons. The molecule has 1 aromatic rings. The number of nitrogens with two attached hydrogens (primary N) is 1. The molecule has 0 aliphatic rings. The topological polar surface area (TPSA) is 92.5 Å². The fraction of sp³-hybridized carbons (Fsp3) is 0.500. The first-order valence-electron chi connectivity index (χ1n) is 7.26. The summed E-state index contributed by atoms with van der Waals surface area (Å²) < 4.78 is 5.57. The molecule has 0 heterocycles. The number of rotatable bonds is 10. The zero-order valence-electron chi connectivity index (χ0n) is 12.3. The highest BCUT2D eigenvalue weighted by atomic mass is 16.5. The first-order valence-corrected chi connectivity index (χ1v) is 7.26. The summed E-state index contributed by atoms with van der Waals surface area (Å²) in [5.74, 6) is -2.30. The minimum absolute atomic E-state index is 0.264. The van der Waals surface area contributed by atoms with Crippen LogP contribution in [-0.2, 0) is 9.59 Å². The summed E-state index contributed by atoms with van der Waals surface area (Å²) in [6.07, 6.45) is 4.25. The van der Waals surface area contributed by atoms with Crippen molar-refractivity contribution in [2.45, 2.75) is 44.9 Å². The number of aliphatic carboxylic acids is 1. The first kappa shape index (κ1) is 17.0. The van der Waals surface area contributed by atoms with Gasteiger partial charge in [-0.2, -0.15) is 0 Å². The molecule has 1 amide bonds. The van der Waals surface area contributed by atoms with Crippen LogP contribution in [0.2, 0.25) is 0 Å². The summed E-state index contributed by atoms with van der Waals surface area (Å²) in [6, 6.07) is 6.66. The standard InChI is InChI=1S/C16H23NO4/c1-2-3-4-5-10-21-13-8-6-12(7-9-13)14(16(19)20)11-15(17)18/h6-9,14H,2-5,10-11H2,1H3,(H2,17,18)(H,19,20)/p-1/t14-/m0/s1. The Morgan fingerprint density at radius 1 is 1.19 bits per heavy atom. The van der Waals surface area contributed by atoms with Crippen LogP contribution in [0.3, 0.4) is 0 Å². The second-order valence-electron chi connectivity index (χ2n) is 5.02. The van der Waals surface area contributed by atoms with E-state index in [1.165, 1.54) is 12.8 Å². The molecule has 1 aromatic carbocycles. The van der Waals surface area contributed by atoms with Crippen molar-refractivity contribution in [2.24, 2.45) is 5.73 Å². The van der Waals surface area contributed by atoms with Crippen LogP contribution in [0.4, 0.5) is 0 Å². The number of carboxylic acid groups (broad SMARTS) is 1. The molecule has 116 valence electrons. The van der Waals surface area contributed by atoms with Gasteiger partial charge in [-0.25, -0.2) is 0 Å². The first-order chi connectivity index (χ1) is 10.0. The molecule has 1 rings (SSSR count). The molecule has 1 atom stereocenters. The van der Waals surface area contributed by atoms with Crippen molar-refractivity contribution < 1.29 is 19.4 Å². The molecule has 5 heteroatoms. The normalized spacial score (nSPS) is 11.9. The molecule has 0 aromatic heterocycles. The minimum Gasteiger partial charge on any atom is -0.549 e. The summed E-state index contributed by atoms with van der Waals surface area (Å²) in [4.78, 5) is 21.9. The minimum atomic E-state index is -1.30. The predicted octanol–water partition coefficient (Wildman–Crippen LogP) is 1.35. The Bertz CT molecular complexity index is 456. The number of hydrogen-bond donors (Lipinski definition) is 1. The van der Waals surface area contributed by atoms with E-state index in [1.54, 1.807) is 24.3 Å². The molecule has 0 fully saturated rings. The van der Waals surface area contributed by atoms with Crippen LogP contribution in [-0.4, -0.2) is 18.5 Å². The lowest BCUT2D eigenvalue weighted by molar-refractivity contribution is -0.308. The molecule has 0 saturated heterocycles. The second-order valence-corrected chi connectivity index (χ2v) is 5.02. The Hall–Kier alpha value is -2.04. The number of primary amides is 1. The third kappa shape index (κ3) is 6.29. The molecular formula is C16H22NO4-. The van der Waals surface area contributed by atoms with Crippen molar-refractivity contribution >= 4 is 11.9 Å².